The summed E-state index contributed by atoms with van der Waals surface area (Å²) in [7, 11) is 0. The van der Waals surface area contributed by atoms with Gasteiger partial charge in [-0.3, -0.25) is 4.79 Å². The predicted octanol–water partition coefficient (Wildman–Crippen LogP) is 4.28. The molecule has 0 aliphatic carbocycles. The second-order valence-corrected chi connectivity index (χ2v) is 8.71. The van der Waals surface area contributed by atoms with Crippen molar-refractivity contribution in [2.75, 3.05) is 19.6 Å². The van der Waals surface area contributed by atoms with Crippen LogP contribution < -0.4 is 5.73 Å². The normalized spacial score (nSPS) is 19.5. The summed E-state index contributed by atoms with van der Waals surface area (Å²) in [6, 6.07) is 9.56. The summed E-state index contributed by atoms with van der Waals surface area (Å²) in [6.45, 7) is 6.18. The van der Waals surface area contributed by atoms with E-state index in [0.29, 0.717) is 18.1 Å². The molecule has 1 atom stereocenters. The Morgan fingerprint density at radius 1 is 1.41 bits per heavy atom. The first-order valence-electron chi connectivity index (χ1n) is 8.65. The van der Waals surface area contributed by atoms with Crippen molar-refractivity contribution in [2.45, 2.75) is 20.3 Å². The molecule has 1 fully saturated rings. The molecule has 0 radical (unpaired) electrons. The number of para-hydroxylation sites is 1. The van der Waals surface area contributed by atoms with Crippen LogP contribution in [0.4, 0.5) is 0 Å². The van der Waals surface area contributed by atoms with Crippen molar-refractivity contribution in [3.05, 3.63) is 45.9 Å². The van der Waals surface area contributed by atoms with E-state index >= 15 is 0 Å². The van der Waals surface area contributed by atoms with Crippen molar-refractivity contribution in [2.24, 2.45) is 11.1 Å². The van der Waals surface area contributed by atoms with Crippen LogP contribution in [0.1, 0.15) is 28.7 Å². The van der Waals surface area contributed by atoms with Crippen LogP contribution in [0, 0.1) is 12.3 Å². The Hall–Kier alpha value is -1.60. The topological polar surface area (TPSA) is 64.2 Å². The third kappa shape index (κ3) is 3.47. The zero-order valence-electron chi connectivity index (χ0n) is 15.2. The third-order valence-electron chi connectivity index (χ3n) is 5.17. The van der Waals surface area contributed by atoms with Gasteiger partial charge < -0.3 is 10.6 Å². The Morgan fingerprint density at radius 2 is 2.15 bits per heavy atom. The summed E-state index contributed by atoms with van der Waals surface area (Å²) in [6.07, 6.45) is 0.951. The van der Waals surface area contributed by atoms with E-state index in [9.17, 15) is 4.79 Å². The average molecular weight is 425 g/mol. The molecule has 144 valence electrons. The molecule has 2 N–H and O–H groups in total. The lowest BCUT2D eigenvalue weighted by molar-refractivity contribution is 0.0782. The van der Waals surface area contributed by atoms with Gasteiger partial charge in [-0.2, -0.15) is 5.10 Å². The lowest BCUT2D eigenvalue weighted by Crippen LogP contribution is -2.34. The number of nitrogens with two attached hydrogens (primary N) is 1. The molecule has 3 heterocycles. The maximum atomic E-state index is 13.0. The number of nitrogens with zero attached hydrogens (tertiary/aromatic N) is 3. The minimum absolute atomic E-state index is 0. The first kappa shape index (κ1) is 20.1. The molecule has 5 nitrogen and oxygen atoms in total. The van der Waals surface area contributed by atoms with E-state index in [1.165, 1.54) is 11.3 Å². The molecular formula is C19H22Cl2N4OS. The Morgan fingerprint density at radius 3 is 2.81 bits per heavy atom. The van der Waals surface area contributed by atoms with Crippen LogP contribution in [-0.2, 0) is 0 Å². The number of hydrogen-bond donors (Lipinski definition) is 1. The van der Waals surface area contributed by atoms with Gasteiger partial charge >= 0.3 is 0 Å². The number of amides is 1. The maximum absolute atomic E-state index is 13.0. The van der Waals surface area contributed by atoms with Crippen LogP contribution in [0.3, 0.4) is 0 Å². The average Bonchev–Trinajstić information content (AvgIpc) is 3.31. The molecule has 2 aromatic heterocycles. The highest BCUT2D eigenvalue weighted by Crippen LogP contribution is 2.35. The summed E-state index contributed by atoms with van der Waals surface area (Å²) < 4.78 is 1.84. The van der Waals surface area contributed by atoms with Crippen LogP contribution in [0.2, 0.25) is 5.02 Å². The zero-order valence-corrected chi connectivity index (χ0v) is 17.6. The highest BCUT2D eigenvalue weighted by atomic mass is 35.5. The monoisotopic (exact) mass is 424 g/mol. The van der Waals surface area contributed by atoms with E-state index < -0.39 is 0 Å². The quantitative estimate of drug-likeness (QED) is 0.681. The van der Waals surface area contributed by atoms with Crippen LogP contribution in [-0.4, -0.2) is 40.2 Å². The molecule has 0 spiro atoms. The van der Waals surface area contributed by atoms with Gasteiger partial charge in [0.15, 0.2) is 0 Å². The minimum Gasteiger partial charge on any atom is -0.337 e. The van der Waals surface area contributed by atoms with Gasteiger partial charge in [0.25, 0.3) is 5.91 Å². The zero-order chi connectivity index (χ0) is 18.5. The molecule has 1 amide bonds. The summed E-state index contributed by atoms with van der Waals surface area (Å²) in [5.74, 6) is 0.0773. The standard InChI is InChI=1S/C19H21ClN4OS.ClH/c1-12-13-9-16(17(25)23-8-7-19(2,10-21)11-23)26-18(13)24(22-12)15-6-4-3-5-14(15)20;/h3-6,9H,7-8,10-11,21H2,1-2H3;1H. The lowest BCUT2D eigenvalue weighted by Gasteiger charge is -2.22. The Labute approximate surface area is 173 Å². The Balaban J connectivity index is 0.00000210. The maximum Gasteiger partial charge on any atom is 0.264 e. The SMILES string of the molecule is Cc1nn(-c2ccccc2Cl)c2sc(C(=O)N3CCC(C)(CN)C3)cc12.Cl. The smallest absolute Gasteiger partial charge is 0.264 e. The molecule has 0 saturated carbocycles. The number of carbonyl (C=O) groups is 1. The predicted molar refractivity (Wildman–Crippen MR) is 114 cm³/mol. The van der Waals surface area contributed by atoms with Crippen LogP contribution in [0.15, 0.2) is 30.3 Å². The van der Waals surface area contributed by atoms with Gasteiger partial charge in [0, 0.05) is 18.5 Å². The fraction of sp³-hybridized carbons (Fsp3) is 0.368. The molecule has 0 bridgehead atoms. The number of carbonyl (C=O) groups excluding carboxylic acids is 1. The molecule has 1 aliphatic heterocycles. The van der Waals surface area contributed by atoms with Gasteiger partial charge in [-0.1, -0.05) is 30.7 Å². The molecule has 1 unspecified atom stereocenters. The fourth-order valence-electron chi connectivity index (χ4n) is 3.46. The largest absolute Gasteiger partial charge is 0.337 e. The van der Waals surface area contributed by atoms with E-state index in [1.807, 2.05) is 46.8 Å². The van der Waals surface area contributed by atoms with Gasteiger partial charge in [0.1, 0.15) is 4.83 Å². The second kappa shape index (κ2) is 7.43. The molecule has 1 aromatic carbocycles. The van der Waals surface area contributed by atoms with Crippen LogP contribution >= 0.6 is 35.3 Å². The molecular weight excluding hydrogens is 403 g/mol. The van der Waals surface area contributed by atoms with Gasteiger partial charge in [-0.05, 0) is 43.5 Å². The Bertz CT molecular complexity index is 999. The van der Waals surface area contributed by atoms with Crippen molar-refractivity contribution in [3.63, 3.8) is 0 Å². The molecule has 1 aliphatic rings. The fourth-order valence-corrected chi connectivity index (χ4v) is 4.82. The van der Waals surface area contributed by atoms with E-state index in [1.54, 1.807) is 0 Å². The van der Waals surface area contributed by atoms with Crippen molar-refractivity contribution in [1.82, 2.24) is 14.7 Å². The first-order valence-corrected chi connectivity index (χ1v) is 9.85. The molecule has 8 heteroatoms. The summed E-state index contributed by atoms with van der Waals surface area (Å²) >= 11 is 7.82. The number of likely N-dealkylation sites (tertiary alicyclic amines) is 1. The van der Waals surface area contributed by atoms with Crippen molar-refractivity contribution < 1.29 is 4.79 Å². The van der Waals surface area contributed by atoms with E-state index in [-0.39, 0.29) is 23.7 Å². The van der Waals surface area contributed by atoms with Gasteiger partial charge in [0.05, 0.1) is 21.3 Å². The van der Waals surface area contributed by atoms with Crippen molar-refractivity contribution >= 4 is 51.5 Å². The summed E-state index contributed by atoms with van der Waals surface area (Å²) in [5.41, 5.74) is 7.61. The lowest BCUT2D eigenvalue weighted by atomic mass is 9.90. The molecule has 1 saturated heterocycles. The first-order chi connectivity index (χ1) is 12.4. The van der Waals surface area contributed by atoms with Crippen molar-refractivity contribution in [3.8, 4) is 5.69 Å². The van der Waals surface area contributed by atoms with Gasteiger partial charge in [-0.25, -0.2) is 4.68 Å². The van der Waals surface area contributed by atoms with Crippen molar-refractivity contribution in [1.29, 1.82) is 0 Å². The number of aryl methyl sites for hydroxylation is 1. The number of fused-ring (bicyclic) bond motifs is 1. The van der Waals surface area contributed by atoms with E-state index in [0.717, 1.165) is 39.4 Å². The number of rotatable bonds is 3. The number of hydrogen-bond acceptors (Lipinski definition) is 4. The molecule has 4 rings (SSSR count). The van der Waals surface area contributed by atoms with Gasteiger partial charge in [-0.15, -0.1) is 23.7 Å². The summed E-state index contributed by atoms with van der Waals surface area (Å²) in [5, 5.41) is 6.25. The van der Waals surface area contributed by atoms with Gasteiger partial charge in [0.2, 0.25) is 0 Å². The molecule has 27 heavy (non-hydrogen) atoms. The molecule has 3 aromatic rings. The van der Waals surface area contributed by atoms with Crippen LogP contribution in [0.25, 0.3) is 15.9 Å². The third-order valence-corrected chi connectivity index (χ3v) is 6.59. The van der Waals surface area contributed by atoms with Crippen LogP contribution in [0.5, 0.6) is 0 Å². The highest BCUT2D eigenvalue weighted by molar-refractivity contribution is 7.20. The summed E-state index contributed by atoms with van der Waals surface area (Å²) in [4.78, 5) is 16.6. The number of halogens is 2. The number of aromatic nitrogens is 2. The van der Waals surface area contributed by atoms with E-state index in [2.05, 4.69) is 12.0 Å². The number of benzene rings is 1. The number of thiophene rings is 1. The highest BCUT2D eigenvalue weighted by Gasteiger charge is 2.35. The Kier molecular flexibility index (Phi) is 5.54. The minimum atomic E-state index is 0. The second-order valence-electron chi connectivity index (χ2n) is 7.27. The van der Waals surface area contributed by atoms with E-state index in [4.69, 9.17) is 17.3 Å².